The van der Waals surface area contributed by atoms with Crippen LogP contribution in [-0.4, -0.2) is 37.7 Å². The first-order valence-corrected chi connectivity index (χ1v) is 10.6. The van der Waals surface area contributed by atoms with Crippen LogP contribution in [0.2, 0.25) is 0 Å². The molecule has 5 heteroatoms. The van der Waals surface area contributed by atoms with E-state index in [-0.39, 0.29) is 12.8 Å². The first-order chi connectivity index (χ1) is 14.3. The summed E-state index contributed by atoms with van der Waals surface area (Å²) in [5.41, 5.74) is 2.47. The highest BCUT2D eigenvalue weighted by Crippen LogP contribution is 2.43. The van der Waals surface area contributed by atoms with Gasteiger partial charge in [0.2, 0.25) is 6.79 Å². The van der Waals surface area contributed by atoms with Crippen LogP contribution in [0.3, 0.4) is 0 Å². The molecule has 1 saturated heterocycles. The first-order valence-electron chi connectivity index (χ1n) is 10.6. The molecular weight excluding hydrogens is 366 g/mol. The molecule has 0 radical (unpaired) electrons. The molecule has 0 amide bonds. The van der Waals surface area contributed by atoms with Crippen molar-refractivity contribution < 1.29 is 19.0 Å². The molecule has 0 saturated carbocycles. The van der Waals surface area contributed by atoms with Crippen molar-refractivity contribution in [2.75, 3.05) is 26.5 Å². The largest absolute Gasteiger partial charge is 0.494 e. The number of fused-ring (bicyclic) bond motifs is 1. The fraction of sp³-hybridized carbons (Fsp3) is 0.458. The maximum Gasteiger partial charge on any atom is 0.231 e. The van der Waals surface area contributed by atoms with Crippen LogP contribution < -0.4 is 14.2 Å². The van der Waals surface area contributed by atoms with E-state index in [1.165, 1.54) is 24.0 Å². The SMILES string of the molecule is CCCCCOc1ccc(C2CC(c3ccc4c(c3)OCO4)CN2CC=O)cc1. The summed E-state index contributed by atoms with van der Waals surface area (Å²) in [5.74, 6) is 2.90. The smallest absolute Gasteiger partial charge is 0.231 e. The van der Waals surface area contributed by atoms with Gasteiger partial charge in [-0.3, -0.25) is 4.90 Å². The highest BCUT2D eigenvalue weighted by atomic mass is 16.7. The van der Waals surface area contributed by atoms with Crippen molar-refractivity contribution in [3.63, 3.8) is 0 Å². The predicted octanol–water partition coefficient (Wildman–Crippen LogP) is 4.71. The number of hydrogen-bond donors (Lipinski definition) is 0. The van der Waals surface area contributed by atoms with E-state index in [2.05, 4.69) is 36.1 Å². The normalized spacial score (nSPS) is 20.7. The Bertz CT molecular complexity index is 820. The third-order valence-corrected chi connectivity index (χ3v) is 5.86. The number of hydrogen-bond acceptors (Lipinski definition) is 5. The van der Waals surface area contributed by atoms with Crippen molar-refractivity contribution in [3.8, 4) is 17.2 Å². The lowest BCUT2D eigenvalue weighted by Gasteiger charge is -2.22. The highest BCUT2D eigenvalue weighted by Gasteiger charge is 2.34. The number of likely N-dealkylation sites (tertiary alicyclic amines) is 1. The molecule has 0 aliphatic carbocycles. The van der Waals surface area contributed by atoms with E-state index in [9.17, 15) is 4.79 Å². The van der Waals surface area contributed by atoms with Gasteiger partial charge in [0.15, 0.2) is 11.5 Å². The van der Waals surface area contributed by atoms with Crippen LogP contribution in [0.5, 0.6) is 17.2 Å². The highest BCUT2D eigenvalue weighted by molar-refractivity contribution is 5.53. The Labute approximate surface area is 172 Å². The van der Waals surface area contributed by atoms with E-state index in [1.54, 1.807) is 0 Å². The zero-order valence-corrected chi connectivity index (χ0v) is 17.0. The topological polar surface area (TPSA) is 48.0 Å². The van der Waals surface area contributed by atoms with Crippen molar-refractivity contribution in [2.24, 2.45) is 0 Å². The molecule has 2 aliphatic rings. The molecule has 0 bridgehead atoms. The van der Waals surface area contributed by atoms with Gasteiger partial charge in [-0.1, -0.05) is 38.0 Å². The molecule has 2 aromatic rings. The van der Waals surface area contributed by atoms with Gasteiger partial charge >= 0.3 is 0 Å². The Morgan fingerprint density at radius 3 is 2.66 bits per heavy atom. The summed E-state index contributed by atoms with van der Waals surface area (Å²) in [6.07, 6.45) is 5.46. The first kappa shape index (κ1) is 19.8. The maximum atomic E-state index is 11.3. The number of ether oxygens (including phenoxy) is 3. The van der Waals surface area contributed by atoms with E-state index in [4.69, 9.17) is 14.2 Å². The summed E-state index contributed by atoms with van der Waals surface area (Å²) in [6, 6.07) is 14.8. The fourth-order valence-electron chi connectivity index (χ4n) is 4.28. The van der Waals surface area contributed by atoms with E-state index < -0.39 is 0 Å². The predicted molar refractivity (Wildman–Crippen MR) is 112 cm³/mol. The molecule has 5 nitrogen and oxygen atoms in total. The van der Waals surface area contributed by atoms with Crippen molar-refractivity contribution in [3.05, 3.63) is 53.6 Å². The minimum atomic E-state index is 0.227. The van der Waals surface area contributed by atoms with Gasteiger partial charge in [0.25, 0.3) is 0 Å². The molecule has 2 atom stereocenters. The van der Waals surface area contributed by atoms with Crippen LogP contribution in [0, 0.1) is 0 Å². The van der Waals surface area contributed by atoms with Crippen LogP contribution in [0.25, 0.3) is 0 Å². The second kappa shape index (κ2) is 9.31. The average Bonchev–Trinajstić information content (AvgIpc) is 3.38. The van der Waals surface area contributed by atoms with Crippen molar-refractivity contribution in [1.29, 1.82) is 0 Å². The Morgan fingerprint density at radius 1 is 1.07 bits per heavy atom. The summed E-state index contributed by atoms with van der Waals surface area (Å²) < 4.78 is 16.8. The van der Waals surface area contributed by atoms with E-state index >= 15 is 0 Å². The fourth-order valence-corrected chi connectivity index (χ4v) is 4.28. The zero-order chi connectivity index (χ0) is 20.1. The molecule has 4 rings (SSSR count). The van der Waals surface area contributed by atoms with Crippen LogP contribution >= 0.6 is 0 Å². The Morgan fingerprint density at radius 2 is 1.86 bits per heavy atom. The molecular formula is C24H29NO4. The molecule has 2 aliphatic heterocycles. The molecule has 2 heterocycles. The number of rotatable bonds is 9. The third-order valence-electron chi connectivity index (χ3n) is 5.86. The zero-order valence-electron chi connectivity index (χ0n) is 17.0. The molecule has 0 aromatic heterocycles. The van der Waals surface area contributed by atoms with Crippen LogP contribution in [0.4, 0.5) is 0 Å². The summed E-state index contributed by atoms with van der Waals surface area (Å²) in [5, 5.41) is 0. The Balaban J connectivity index is 1.45. The van der Waals surface area contributed by atoms with Crippen LogP contribution in [-0.2, 0) is 4.79 Å². The van der Waals surface area contributed by atoms with E-state index in [0.717, 1.165) is 49.5 Å². The number of nitrogens with zero attached hydrogens (tertiary/aromatic N) is 1. The molecule has 1 fully saturated rings. The summed E-state index contributed by atoms with van der Waals surface area (Å²) in [6.45, 7) is 4.55. The van der Waals surface area contributed by atoms with Gasteiger partial charge in [0.05, 0.1) is 13.2 Å². The molecule has 2 unspecified atom stereocenters. The van der Waals surface area contributed by atoms with Crippen LogP contribution in [0.1, 0.15) is 55.7 Å². The Kier molecular flexibility index (Phi) is 6.35. The average molecular weight is 395 g/mol. The second-order valence-electron chi connectivity index (χ2n) is 7.81. The van der Waals surface area contributed by atoms with Crippen molar-refractivity contribution in [1.82, 2.24) is 4.90 Å². The lowest BCUT2D eigenvalue weighted by molar-refractivity contribution is -0.109. The van der Waals surface area contributed by atoms with Gasteiger partial charge in [-0.2, -0.15) is 0 Å². The molecule has 0 N–H and O–H groups in total. The molecule has 29 heavy (non-hydrogen) atoms. The standard InChI is InChI=1S/C24H29NO4/c1-2-3-4-13-27-21-8-5-18(6-9-21)22-14-20(16-25(22)11-12-26)19-7-10-23-24(15-19)29-17-28-23/h5-10,12,15,20,22H,2-4,11,13-14,16-17H2,1H3. The van der Waals surface area contributed by atoms with Gasteiger partial charge in [0, 0.05) is 12.6 Å². The number of carbonyl (C=O) groups is 1. The monoisotopic (exact) mass is 395 g/mol. The van der Waals surface area contributed by atoms with Crippen molar-refractivity contribution in [2.45, 2.75) is 44.6 Å². The van der Waals surface area contributed by atoms with Gasteiger partial charge < -0.3 is 19.0 Å². The number of carbonyl (C=O) groups excluding carboxylic acids is 1. The Hall–Kier alpha value is -2.53. The third kappa shape index (κ3) is 4.56. The molecule has 154 valence electrons. The van der Waals surface area contributed by atoms with Gasteiger partial charge in [-0.05, 0) is 54.2 Å². The van der Waals surface area contributed by atoms with Crippen LogP contribution in [0.15, 0.2) is 42.5 Å². The number of benzene rings is 2. The van der Waals surface area contributed by atoms with E-state index in [0.29, 0.717) is 12.5 Å². The quantitative estimate of drug-likeness (QED) is 0.454. The minimum absolute atomic E-state index is 0.227. The van der Waals surface area contributed by atoms with Gasteiger partial charge in [-0.15, -0.1) is 0 Å². The summed E-state index contributed by atoms with van der Waals surface area (Å²) >= 11 is 0. The number of aldehydes is 1. The maximum absolute atomic E-state index is 11.3. The second-order valence-corrected chi connectivity index (χ2v) is 7.81. The van der Waals surface area contributed by atoms with Crippen molar-refractivity contribution >= 4 is 6.29 Å². The van der Waals surface area contributed by atoms with Gasteiger partial charge in [-0.25, -0.2) is 0 Å². The molecule has 0 spiro atoms. The lowest BCUT2D eigenvalue weighted by atomic mass is 9.93. The van der Waals surface area contributed by atoms with E-state index in [1.807, 2.05) is 18.2 Å². The summed E-state index contributed by atoms with van der Waals surface area (Å²) in [4.78, 5) is 13.5. The summed E-state index contributed by atoms with van der Waals surface area (Å²) in [7, 11) is 0. The minimum Gasteiger partial charge on any atom is -0.494 e. The molecule has 2 aromatic carbocycles. The lowest BCUT2D eigenvalue weighted by Crippen LogP contribution is -2.25. The number of unbranched alkanes of at least 4 members (excludes halogenated alkanes) is 2. The van der Waals surface area contributed by atoms with Gasteiger partial charge in [0.1, 0.15) is 12.0 Å².